The van der Waals surface area contributed by atoms with Gasteiger partial charge < -0.3 is 14.7 Å². The SMILES string of the molecule is CCOCC(=O)N1CCC[C@H](CCC(=O)O)C1. The highest BCUT2D eigenvalue weighted by Crippen LogP contribution is 2.21. The zero-order valence-corrected chi connectivity index (χ0v) is 10.4. The lowest BCUT2D eigenvalue weighted by Gasteiger charge is -2.32. The van der Waals surface area contributed by atoms with Gasteiger partial charge in [0.2, 0.25) is 5.91 Å². The number of hydrogen-bond acceptors (Lipinski definition) is 3. The molecule has 5 nitrogen and oxygen atoms in total. The van der Waals surface area contributed by atoms with Gasteiger partial charge in [-0.3, -0.25) is 9.59 Å². The topological polar surface area (TPSA) is 66.8 Å². The van der Waals surface area contributed by atoms with Crippen molar-refractivity contribution in [3.8, 4) is 0 Å². The van der Waals surface area contributed by atoms with Crippen molar-refractivity contribution in [2.24, 2.45) is 5.92 Å². The molecule has 98 valence electrons. The molecule has 1 rings (SSSR count). The third-order valence-corrected chi connectivity index (χ3v) is 3.07. The maximum absolute atomic E-state index is 11.7. The van der Waals surface area contributed by atoms with Crippen LogP contribution in [0.1, 0.15) is 32.6 Å². The van der Waals surface area contributed by atoms with Gasteiger partial charge >= 0.3 is 5.97 Å². The number of ether oxygens (including phenoxy) is 1. The number of aliphatic carboxylic acids is 1. The Balaban J connectivity index is 2.32. The number of carbonyl (C=O) groups is 2. The van der Waals surface area contributed by atoms with Crippen molar-refractivity contribution in [2.45, 2.75) is 32.6 Å². The summed E-state index contributed by atoms with van der Waals surface area (Å²) in [5.41, 5.74) is 0. The molecule has 1 fully saturated rings. The van der Waals surface area contributed by atoms with E-state index in [-0.39, 0.29) is 18.9 Å². The second-order valence-corrected chi connectivity index (χ2v) is 4.42. The number of rotatable bonds is 6. The summed E-state index contributed by atoms with van der Waals surface area (Å²) in [6.45, 7) is 4.00. The van der Waals surface area contributed by atoms with Crippen LogP contribution in [0.5, 0.6) is 0 Å². The molecule has 1 amide bonds. The molecule has 0 aromatic carbocycles. The normalized spacial score (nSPS) is 20.3. The van der Waals surface area contributed by atoms with E-state index in [0.717, 1.165) is 19.4 Å². The highest BCUT2D eigenvalue weighted by atomic mass is 16.5. The number of likely N-dealkylation sites (tertiary alicyclic amines) is 1. The Hall–Kier alpha value is -1.10. The number of carboxylic acid groups (broad SMARTS) is 1. The first kappa shape index (κ1) is 14.0. The fourth-order valence-corrected chi connectivity index (χ4v) is 2.14. The first-order valence-corrected chi connectivity index (χ1v) is 6.20. The van der Waals surface area contributed by atoms with Gasteiger partial charge in [-0.2, -0.15) is 0 Å². The molecule has 1 saturated heterocycles. The fourth-order valence-electron chi connectivity index (χ4n) is 2.14. The Morgan fingerprint density at radius 1 is 1.47 bits per heavy atom. The van der Waals surface area contributed by atoms with Gasteiger partial charge in [0.25, 0.3) is 0 Å². The maximum Gasteiger partial charge on any atom is 0.303 e. The van der Waals surface area contributed by atoms with E-state index in [9.17, 15) is 9.59 Å². The maximum atomic E-state index is 11.7. The zero-order valence-electron chi connectivity index (χ0n) is 10.4. The molecular formula is C12H21NO4. The molecule has 0 spiro atoms. The number of nitrogens with zero attached hydrogens (tertiary/aromatic N) is 1. The van der Waals surface area contributed by atoms with Gasteiger partial charge in [0.15, 0.2) is 0 Å². The molecule has 0 unspecified atom stereocenters. The van der Waals surface area contributed by atoms with Crippen molar-refractivity contribution >= 4 is 11.9 Å². The molecular weight excluding hydrogens is 222 g/mol. The smallest absolute Gasteiger partial charge is 0.303 e. The van der Waals surface area contributed by atoms with Crippen molar-refractivity contribution < 1.29 is 19.4 Å². The van der Waals surface area contributed by atoms with E-state index in [1.165, 1.54) is 0 Å². The molecule has 1 atom stereocenters. The average Bonchev–Trinajstić information content (AvgIpc) is 2.33. The standard InChI is InChI=1S/C12H21NO4/c1-2-17-9-11(14)13-7-3-4-10(8-13)5-6-12(15)16/h10H,2-9H2,1H3,(H,15,16)/t10-/m1/s1. The lowest BCUT2D eigenvalue weighted by atomic mass is 9.93. The van der Waals surface area contributed by atoms with Crippen molar-refractivity contribution in [3.05, 3.63) is 0 Å². The van der Waals surface area contributed by atoms with Crippen molar-refractivity contribution in [2.75, 3.05) is 26.3 Å². The van der Waals surface area contributed by atoms with Gasteiger partial charge in [-0.25, -0.2) is 0 Å². The molecule has 1 aliphatic heterocycles. The Kier molecular flexibility index (Phi) is 5.97. The number of hydrogen-bond donors (Lipinski definition) is 1. The molecule has 1 aliphatic rings. The number of amides is 1. The summed E-state index contributed by atoms with van der Waals surface area (Å²) in [7, 11) is 0. The first-order chi connectivity index (χ1) is 8.13. The largest absolute Gasteiger partial charge is 0.481 e. The van der Waals surface area contributed by atoms with Gasteiger partial charge in [0, 0.05) is 26.1 Å². The minimum absolute atomic E-state index is 0.0203. The van der Waals surface area contributed by atoms with Crippen molar-refractivity contribution in [1.82, 2.24) is 4.90 Å². The van der Waals surface area contributed by atoms with Gasteiger partial charge in [-0.05, 0) is 32.1 Å². The number of carbonyl (C=O) groups excluding carboxylic acids is 1. The van der Waals surface area contributed by atoms with Crippen molar-refractivity contribution in [3.63, 3.8) is 0 Å². The lowest BCUT2D eigenvalue weighted by Crippen LogP contribution is -2.41. The van der Waals surface area contributed by atoms with Gasteiger partial charge in [0.1, 0.15) is 6.61 Å². The monoisotopic (exact) mass is 243 g/mol. The molecule has 0 bridgehead atoms. The van der Waals surface area contributed by atoms with Crippen LogP contribution in [0.15, 0.2) is 0 Å². The minimum atomic E-state index is -0.761. The summed E-state index contributed by atoms with van der Waals surface area (Å²) in [4.78, 5) is 24.0. The zero-order chi connectivity index (χ0) is 12.7. The van der Waals surface area contributed by atoms with Crippen LogP contribution in [0.2, 0.25) is 0 Å². The van der Waals surface area contributed by atoms with Crippen LogP contribution in [-0.2, 0) is 14.3 Å². The van der Waals surface area contributed by atoms with E-state index in [0.29, 0.717) is 25.5 Å². The van der Waals surface area contributed by atoms with E-state index in [1.54, 1.807) is 4.90 Å². The summed E-state index contributed by atoms with van der Waals surface area (Å²) in [6, 6.07) is 0. The molecule has 0 radical (unpaired) electrons. The summed E-state index contributed by atoms with van der Waals surface area (Å²) in [5, 5.41) is 8.63. The Morgan fingerprint density at radius 2 is 2.24 bits per heavy atom. The fraction of sp³-hybridized carbons (Fsp3) is 0.833. The van der Waals surface area contributed by atoms with Crippen LogP contribution >= 0.6 is 0 Å². The molecule has 1 heterocycles. The van der Waals surface area contributed by atoms with E-state index in [2.05, 4.69) is 0 Å². The van der Waals surface area contributed by atoms with E-state index >= 15 is 0 Å². The predicted octanol–water partition coefficient (Wildman–Crippen LogP) is 1.13. The van der Waals surface area contributed by atoms with Crippen LogP contribution < -0.4 is 0 Å². The second kappa shape index (κ2) is 7.27. The Bertz CT molecular complexity index is 267. The van der Waals surface area contributed by atoms with E-state index < -0.39 is 5.97 Å². The predicted molar refractivity (Wildman–Crippen MR) is 62.7 cm³/mol. The Morgan fingerprint density at radius 3 is 2.88 bits per heavy atom. The van der Waals surface area contributed by atoms with Crippen LogP contribution in [0.4, 0.5) is 0 Å². The second-order valence-electron chi connectivity index (χ2n) is 4.42. The third kappa shape index (κ3) is 5.17. The first-order valence-electron chi connectivity index (χ1n) is 6.20. The molecule has 5 heteroatoms. The lowest BCUT2D eigenvalue weighted by molar-refractivity contribution is -0.138. The summed E-state index contributed by atoms with van der Waals surface area (Å²) < 4.78 is 5.10. The summed E-state index contributed by atoms with van der Waals surface area (Å²) in [6.07, 6.45) is 2.83. The van der Waals surface area contributed by atoms with Gasteiger partial charge in [-0.15, -0.1) is 0 Å². The molecule has 0 aliphatic carbocycles. The minimum Gasteiger partial charge on any atom is -0.481 e. The number of piperidine rings is 1. The highest BCUT2D eigenvalue weighted by Gasteiger charge is 2.23. The highest BCUT2D eigenvalue weighted by molar-refractivity contribution is 5.77. The van der Waals surface area contributed by atoms with E-state index in [1.807, 2.05) is 6.92 Å². The van der Waals surface area contributed by atoms with Crippen LogP contribution in [0.25, 0.3) is 0 Å². The van der Waals surface area contributed by atoms with Crippen LogP contribution in [0.3, 0.4) is 0 Å². The summed E-state index contributed by atoms with van der Waals surface area (Å²) in [5.74, 6) is -0.417. The quantitative estimate of drug-likeness (QED) is 0.759. The third-order valence-electron chi connectivity index (χ3n) is 3.07. The number of carboxylic acids is 1. The van der Waals surface area contributed by atoms with Crippen LogP contribution in [-0.4, -0.2) is 48.2 Å². The average molecular weight is 243 g/mol. The van der Waals surface area contributed by atoms with Crippen LogP contribution in [0, 0.1) is 5.92 Å². The Labute approximate surface area is 102 Å². The summed E-state index contributed by atoms with van der Waals surface area (Å²) >= 11 is 0. The van der Waals surface area contributed by atoms with Gasteiger partial charge in [-0.1, -0.05) is 0 Å². The van der Waals surface area contributed by atoms with Gasteiger partial charge in [0.05, 0.1) is 0 Å². The van der Waals surface area contributed by atoms with E-state index in [4.69, 9.17) is 9.84 Å². The molecule has 1 N–H and O–H groups in total. The molecule has 0 aromatic rings. The molecule has 0 aromatic heterocycles. The molecule has 0 saturated carbocycles. The van der Waals surface area contributed by atoms with Crippen molar-refractivity contribution in [1.29, 1.82) is 0 Å². The molecule has 17 heavy (non-hydrogen) atoms.